The third kappa shape index (κ3) is 3.71. The van der Waals surface area contributed by atoms with Crippen molar-refractivity contribution in [3.63, 3.8) is 0 Å². The van der Waals surface area contributed by atoms with Gasteiger partial charge in [-0.15, -0.1) is 0 Å². The monoisotopic (exact) mass is 273 g/mol. The highest BCUT2D eigenvalue weighted by atomic mass is 35.5. The molecule has 0 aliphatic carbocycles. The first-order valence-electron chi connectivity index (χ1n) is 5.95. The predicted molar refractivity (Wildman–Crippen MR) is 70.9 cm³/mol. The van der Waals surface area contributed by atoms with Gasteiger partial charge in [-0.1, -0.05) is 11.6 Å². The van der Waals surface area contributed by atoms with E-state index in [0.717, 1.165) is 5.69 Å². The summed E-state index contributed by atoms with van der Waals surface area (Å²) in [4.78, 5) is 11.3. The summed E-state index contributed by atoms with van der Waals surface area (Å²) in [5.41, 5.74) is -0.203. The number of halogens is 1. The normalized spacial score (nSPS) is 14.8. The number of nitrogens with one attached hydrogen (secondary N) is 1. The van der Waals surface area contributed by atoms with Crippen LogP contribution in [0.25, 0.3) is 0 Å². The molecule has 1 heterocycles. The van der Waals surface area contributed by atoms with E-state index in [1.807, 2.05) is 20.8 Å². The third-order valence-corrected chi connectivity index (χ3v) is 3.18. The smallest absolute Gasteiger partial charge is 0.323 e. The predicted octanol–water partition coefficient (Wildman–Crippen LogP) is 2.08. The van der Waals surface area contributed by atoms with Gasteiger partial charge in [0.1, 0.15) is 5.54 Å². The quantitative estimate of drug-likeness (QED) is 0.833. The van der Waals surface area contributed by atoms with Crippen molar-refractivity contribution >= 4 is 17.6 Å². The molecule has 0 radical (unpaired) electrons. The van der Waals surface area contributed by atoms with Crippen molar-refractivity contribution in [1.82, 2.24) is 15.1 Å². The van der Waals surface area contributed by atoms with Crippen LogP contribution in [-0.2, 0) is 11.3 Å². The van der Waals surface area contributed by atoms with Crippen LogP contribution in [0.1, 0.15) is 32.9 Å². The average molecular weight is 274 g/mol. The van der Waals surface area contributed by atoms with Crippen molar-refractivity contribution in [2.45, 2.75) is 52.2 Å². The molecular weight excluding hydrogens is 254 g/mol. The minimum absolute atomic E-state index is 0.106. The molecule has 1 unspecified atom stereocenters. The maximum absolute atomic E-state index is 11.3. The number of hydrogen-bond acceptors (Lipinski definition) is 3. The Hall–Kier alpha value is -1.07. The minimum Gasteiger partial charge on any atom is -0.480 e. The summed E-state index contributed by atoms with van der Waals surface area (Å²) in [6.07, 6.45) is 2.16. The number of carbonyl (C=O) groups is 1. The largest absolute Gasteiger partial charge is 0.480 e. The number of rotatable bonds is 6. The molecule has 18 heavy (non-hydrogen) atoms. The summed E-state index contributed by atoms with van der Waals surface area (Å²) in [6.45, 7) is 7.87. The molecule has 0 aromatic carbocycles. The third-order valence-electron chi connectivity index (χ3n) is 2.81. The Morgan fingerprint density at radius 2 is 2.28 bits per heavy atom. The fourth-order valence-corrected chi connectivity index (χ4v) is 1.97. The topological polar surface area (TPSA) is 67.2 Å². The van der Waals surface area contributed by atoms with Gasteiger partial charge in [-0.2, -0.15) is 5.10 Å². The lowest BCUT2D eigenvalue weighted by atomic mass is 9.97. The van der Waals surface area contributed by atoms with E-state index in [0.29, 0.717) is 18.0 Å². The maximum Gasteiger partial charge on any atom is 0.323 e. The van der Waals surface area contributed by atoms with Gasteiger partial charge in [-0.3, -0.25) is 14.8 Å². The number of nitrogens with zero attached hydrogens (tertiary/aromatic N) is 2. The number of carboxylic acid groups (broad SMARTS) is 1. The van der Waals surface area contributed by atoms with E-state index in [-0.39, 0.29) is 6.04 Å². The number of aromatic nitrogens is 2. The summed E-state index contributed by atoms with van der Waals surface area (Å²) >= 11 is 5.91. The summed E-state index contributed by atoms with van der Waals surface area (Å²) in [6, 6.07) is 0.106. The van der Waals surface area contributed by atoms with E-state index < -0.39 is 11.5 Å². The lowest BCUT2D eigenvalue weighted by Gasteiger charge is -2.28. The van der Waals surface area contributed by atoms with Gasteiger partial charge < -0.3 is 5.11 Å². The molecular formula is C12H20ClN3O2. The van der Waals surface area contributed by atoms with E-state index in [9.17, 15) is 9.90 Å². The number of carboxylic acids is 1. The summed E-state index contributed by atoms with van der Waals surface area (Å²) in [7, 11) is 0. The van der Waals surface area contributed by atoms with Crippen molar-refractivity contribution < 1.29 is 9.90 Å². The van der Waals surface area contributed by atoms with Crippen LogP contribution in [-0.4, -0.2) is 32.4 Å². The van der Waals surface area contributed by atoms with Gasteiger partial charge >= 0.3 is 5.97 Å². The molecule has 1 aromatic rings. The van der Waals surface area contributed by atoms with Gasteiger partial charge in [0.25, 0.3) is 0 Å². The Morgan fingerprint density at radius 3 is 2.67 bits per heavy atom. The Morgan fingerprint density at radius 1 is 1.67 bits per heavy atom. The molecule has 102 valence electrons. The Labute approximate surface area is 112 Å². The molecule has 0 aliphatic rings. The van der Waals surface area contributed by atoms with Gasteiger partial charge in [-0.05, 0) is 34.1 Å². The van der Waals surface area contributed by atoms with Crippen molar-refractivity contribution in [2.24, 2.45) is 0 Å². The molecule has 0 spiro atoms. The second kappa shape index (κ2) is 5.71. The first kappa shape index (κ1) is 15.0. The van der Waals surface area contributed by atoms with Crippen LogP contribution in [0.4, 0.5) is 0 Å². The minimum atomic E-state index is -0.958. The Balaban J connectivity index is 2.71. The van der Waals surface area contributed by atoms with Gasteiger partial charge in [0.15, 0.2) is 0 Å². The molecule has 1 aromatic heterocycles. The highest BCUT2D eigenvalue weighted by Gasteiger charge is 2.33. The van der Waals surface area contributed by atoms with E-state index in [4.69, 9.17) is 11.6 Å². The van der Waals surface area contributed by atoms with Crippen LogP contribution in [0.2, 0.25) is 5.02 Å². The van der Waals surface area contributed by atoms with Crippen LogP contribution in [0.15, 0.2) is 6.20 Å². The Bertz CT molecular complexity index is 411. The van der Waals surface area contributed by atoms with E-state index >= 15 is 0 Å². The fourth-order valence-electron chi connectivity index (χ4n) is 1.82. The second-order valence-electron chi connectivity index (χ2n) is 5.01. The standard InChI is InChI=1S/C12H20ClN3O2/c1-8(2)14-12(4,11(17)18)5-6-16-7-10(13)9(3)15-16/h7-8,14H,5-6H2,1-4H3,(H,17,18). The molecule has 1 rings (SSSR count). The van der Waals surface area contributed by atoms with Gasteiger partial charge in [0.05, 0.1) is 10.7 Å². The zero-order chi connectivity index (χ0) is 13.9. The SMILES string of the molecule is Cc1nn(CCC(C)(NC(C)C)C(=O)O)cc1Cl. The van der Waals surface area contributed by atoms with Gasteiger partial charge in [0, 0.05) is 18.8 Å². The first-order valence-corrected chi connectivity index (χ1v) is 6.33. The summed E-state index contributed by atoms with van der Waals surface area (Å²) in [5.74, 6) is -0.855. The lowest BCUT2D eigenvalue weighted by molar-refractivity contribution is -0.144. The molecule has 0 bridgehead atoms. The van der Waals surface area contributed by atoms with E-state index in [2.05, 4.69) is 10.4 Å². The van der Waals surface area contributed by atoms with Crippen LogP contribution in [0.3, 0.4) is 0 Å². The van der Waals surface area contributed by atoms with Crippen molar-refractivity contribution in [1.29, 1.82) is 0 Å². The number of hydrogen-bond donors (Lipinski definition) is 2. The molecule has 1 atom stereocenters. The molecule has 6 heteroatoms. The molecule has 5 nitrogen and oxygen atoms in total. The maximum atomic E-state index is 11.3. The summed E-state index contributed by atoms with van der Waals surface area (Å²) < 4.78 is 1.68. The molecule has 0 saturated heterocycles. The lowest BCUT2D eigenvalue weighted by Crippen LogP contribution is -2.52. The van der Waals surface area contributed by atoms with Gasteiger partial charge in [0.2, 0.25) is 0 Å². The van der Waals surface area contributed by atoms with Crippen molar-refractivity contribution in [3.8, 4) is 0 Å². The zero-order valence-electron chi connectivity index (χ0n) is 11.2. The van der Waals surface area contributed by atoms with Crippen molar-refractivity contribution in [2.75, 3.05) is 0 Å². The second-order valence-corrected chi connectivity index (χ2v) is 5.42. The number of aryl methyl sites for hydroxylation is 2. The zero-order valence-corrected chi connectivity index (χ0v) is 12.0. The van der Waals surface area contributed by atoms with Crippen LogP contribution < -0.4 is 5.32 Å². The Kier molecular flexibility index (Phi) is 4.76. The highest BCUT2D eigenvalue weighted by molar-refractivity contribution is 6.31. The average Bonchev–Trinajstić information content (AvgIpc) is 2.54. The van der Waals surface area contributed by atoms with Crippen LogP contribution in [0.5, 0.6) is 0 Å². The highest BCUT2D eigenvalue weighted by Crippen LogP contribution is 2.16. The number of aliphatic carboxylic acids is 1. The van der Waals surface area contributed by atoms with Gasteiger partial charge in [-0.25, -0.2) is 0 Å². The molecule has 0 fully saturated rings. The van der Waals surface area contributed by atoms with Crippen LogP contribution in [0, 0.1) is 6.92 Å². The molecule has 0 amide bonds. The molecule has 0 aliphatic heterocycles. The fraction of sp³-hybridized carbons (Fsp3) is 0.667. The first-order chi connectivity index (χ1) is 8.24. The van der Waals surface area contributed by atoms with E-state index in [1.165, 1.54) is 0 Å². The van der Waals surface area contributed by atoms with Crippen molar-refractivity contribution in [3.05, 3.63) is 16.9 Å². The van der Waals surface area contributed by atoms with Crippen LogP contribution >= 0.6 is 11.6 Å². The molecule has 2 N–H and O–H groups in total. The summed E-state index contributed by atoms with van der Waals surface area (Å²) in [5, 5.41) is 17.2. The van der Waals surface area contributed by atoms with E-state index in [1.54, 1.807) is 17.8 Å². The molecule has 0 saturated carbocycles.